The van der Waals surface area contributed by atoms with E-state index in [0.717, 1.165) is 16.9 Å². The summed E-state index contributed by atoms with van der Waals surface area (Å²) in [6.07, 6.45) is 2.17. The second kappa shape index (κ2) is 6.84. The minimum atomic E-state index is -2.96. The van der Waals surface area contributed by atoms with E-state index in [1.807, 2.05) is 43.1 Å². The van der Waals surface area contributed by atoms with E-state index >= 15 is 0 Å². The summed E-state index contributed by atoms with van der Waals surface area (Å²) < 4.78 is 23.4. The molecule has 0 spiro atoms. The molecule has 2 heterocycles. The van der Waals surface area contributed by atoms with Gasteiger partial charge in [-0.3, -0.25) is 9.78 Å². The van der Waals surface area contributed by atoms with Crippen molar-refractivity contribution >= 4 is 27.1 Å². The average molecular weight is 359 g/mol. The Morgan fingerprint density at radius 3 is 2.72 bits per heavy atom. The van der Waals surface area contributed by atoms with Crippen LogP contribution >= 0.6 is 0 Å². The number of hydrogen-bond donors (Lipinski definition) is 1. The van der Waals surface area contributed by atoms with E-state index in [2.05, 4.69) is 10.3 Å². The number of aryl methyl sites for hydroxylation is 1. The number of benzene rings is 1. The number of carbonyl (C=O) groups excluding carboxylic acids is 1. The molecule has 0 radical (unpaired) electrons. The number of rotatable bonds is 4. The molecule has 2 aromatic rings. The van der Waals surface area contributed by atoms with E-state index in [9.17, 15) is 13.2 Å². The van der Waals surface area contributed by atoms with Gasteiger partial charge < -0.3 is 10.2 Å². The number of sulfone groups is 1. The predicted octanol–water partition coefficient (Wildman–Crippen LogP) is 2.27. The molecule has 1 N–H and O–H groups in total. The maximum atomic E-state index is 12.5. The van der Waals surface area contributed by atoms with Crippen molar-refractivity contribution in [2.24, 2.45) is 0 Å². The SMILES string of the molecule is Cc1ccccc1NC(=O)c1cc(N(C)C2CCS(=O)(=O)C2)ccn1. The average Bonchev–Trinajstić information content (AvgIpc) is 2.96. The Hall–Kier alpha value is -2.41. The predicted molar refractivity (Wildman–Crippen MR) is 98.8 cm³/mol. The van der Waals surface area contributed by atoms with Crippen molar-refractivity contribution in [3.05, 3.63) is 53.9 Å². The standard InChI is InChI=1S/C18H21N3O3S/c1-13-5-3-4-6-16(13)20-18(22)17-11-14(7-9-19-17)21(2)15-8-10-25(23,24)12-15/h3-7,9,11,15H,8,10,12H2,1-2H3,(H,20,22). The maximum Gasteiger partial charge on any atom is 0.274 e. The van der Waals surface area contributed by atoms with Crippen LogP contribution in [0, 0.1) is 6.92 Å². The van der Waals surface area contributed by atoms with Crippen molar-refractivity contribution in [2.75, 3.05) is 28.8 Å². The van der Waals surface area contributed by atoms with E-state index in [4.69, 9.17) is 0 Å². The van der Waals surface area contributed by atoms with Crippen molar-refractivity contribution < 1.29 is 13.2 Å². The summed E-state index contributed by atoms with van der Waals surface area (Å²) in [6.45, 7) is 1.92. The molecule has 1 unspecified atom stereocenters. The van der Waals surface area contributed by atoms with Gasteiger partial charge in [0.25, 0.3) is 5.91 Å². The molecular formula is C18H21N3O3S. The van der Waals surface area contributed by atoms with Gasteiger partial charge in [-0.25, -0.2) is 8.42 Å². The van der Waals surface area contributed by atoms with Gasteiger partial charge in [-0.05, 0) is 37.1 Å². The van der Waals surface area contributed by atoms with E-state index in [1.54, 1.807) is 18.3 Å². The number of para-hydroxylation sites is 1. The van der Waals surface area contributed by atoms with Gasteiger partial charge in [0.1, 0.15) is 5.69 Å². The Morgan fingerprint density at radius 2 is 2.04 bits per heavy atom. The van der Waals surface area contributed by atoms with Crippen LogP contribution in [0.15, 0.2) is 42.6 Å². The summed E-state index contributed by atoms with van der Waals surface area (Å²) in [5, 5.41) is 2.86. The topological polar surface area (TPSA) is 79.4 Å². The third-order valence-corrected chi connectivity index (χ3v) is 6.28. The summed E-state index contributed by atoms with van der Waals surface area (Å²) in [5.74, 6) is 0.0770. The molecule has 0 saturated carbocycles. The third-order valence-electron chi connectivity index (χ3n) is 4.53. The lowest BCUT2D eigenvalue weighted by molar-refractivity contribution is 0.102. The van der Waals surface area contributed by atoms with Gasteiger partial charge in [0.15, 0.2) is 9.84 Å². The Labute approximate surface area is 147 Å². The highest BCUT2D eigenvalue weighted by atomic mass is 32.2. The second-order valence-corrected chi connectivity index (χ2v) is 8.56. The summed E-state index contributed by atoms with van der Waals surface area (Å²) >= 11 is 0. The monoisotopic (exact) mass is 359 g/mol. The Morgan fingerprint density at radius 1 is 1.28 bits per heavy atom. The van der Waals surface area contributed by atoms with Crippen LogP contribution in [0.1, 0.15) is 22.5 Å². The van der Waals surface area contributed by atoms with Crippen LogP contribution in [-0.4, -0.2) is 43.9 Å². The number of nitrogens with zero attached hydrogens (tertiary/aromatic N) is 2. The molecule has 132 valence electrons. The maximum absolute atomic E-state index is 12.5. The highest BCUT2D eigenvalue weighted by molar-refractivity contribution is 7.91. The lowest BCUT2D eigenvalue weighted by Crippen LogP contribution is -2.32. The summed E-state index contributed by atoms with van der Waals surface area (Å²) in [5.41, 5.74) is 2.80. The van der Waals surface area contributed by atoms with Gasteiger partial charge in [-0.15, -0.1) is 0 Å². The van der Waals surface area contributed by atoms with Crippen LogP contribution in [-0.2, 0) is 9.84 Å². The highest BCUT2D eigenvalue weighted by Crippen LogP contribution is 2.23. The molecule has 6 nitrogen and oxygen atoms in total. The van der Waals surface area contributed by atoms with Crippen LogP contribution in [0.2, 0.25) is 0 Å². The molecule has 1 fully saturated rings. The molecular weight excluding hydrogens is 338 g/mol. The largest absolute Gasteiger partial charge is 0.370 e. The zero-order valence-corrected chi connectivity index (χ0v) is 15.1. The number of pyridine rings is 1. The van der Waals surface area contributed by atoms with Gasteiger partial charge in [0, 0.05) is 30.7 Å². The smallest absolute Gasteiger partial charge is 0.274 e. The van der Waals surface area contributed by atoms with Crippen LogP contribution in [0.4, 0.5) is 11.4 Å². The quantitative estimate of drug-likeness (QED) is 0.906. The van der Waals surface area contributed by atoms with Gasteiger partial charge in [0.2, 0.25) is 0 Å². The molecule has 1 atom stereocenters. The zero-order valence-electron chi connectivity index (χ0n) is 14.3. The minimum Gasteiger partial charge on any atom is -0.370 e. The fraction of sp³-hybridized carbons (Fsp3) is 0.333. The van der Waals surface area contributed by atoms with Crippen molar-refractivity contribution in [3.63, 3.8) is 0 Å². The molecule has 3 rings (SSSR count). The second-order valence-electron chi connectivity index (χ2n) is 6.34. The van der Waals surface area contributed by atoms with E-state index in [-0.39, 0.29) is 23.5 Å². The molecule has 1 aromatic heterocycles. The number of aromatic nitrogens is 1. The van der Waals surface area contributed by atoms with E-state index in [1.165, 1.54) is 0 Å². The molecule has 1 aliphatic heterocycles. The molecule has 7 heteroatoms. The zero-order chi connectivity index (χ0) is 18.0. The first-order valence-electron chi connectivity index (χ1n) is 8.12. The van der Waals surface area contributed by atoms with Gasteiger partial charge in [-0.1, -0.05) is 18.2 Å². The number of amides is 1. The fourth-order valence-corrected chi connectivity index (χ4v) is 4.73. The lowest BCUT2D eigenvalue weighted by Gasteiger charge is -2.25. The fourth-order valence-electron chi connectivity index (χ4n) is 2.95. The molecule has 1 saturated heterocycles. The van der Waals surface area contributed by atoms with Crippen molar-refractivity contribution in [3.8, 4) is 0 Å². The molecule has 1 aliphatic rings. The summed E-state index contributed by atoms with van der Waals surface area (Å²) in [7, 11) is -1.11. The normalized spacial score (nSPS) is 18.7. The van der Waals surface area contributed by atoms with E-state index < -0.39 is 9.84 Å². The molecule has 1 amide bonds. The highest BCUT2D eigenvalue weighted by Gasteiger charge is 2.31. The number of carbonyl (C=O) groups is 1. The van der Waals surface area contributed by atoms with Crippen LogP contribution in [0.5, 0.6) is 0 Å². The molecule has 0 bridgehead atoms. The number of nitrogens with one attached hydrogen (secondary N) is 1. The Bertz CT molecular complexity index is 896. The molecule has 25 heavy (non-hydrogen) atoms. The minimum absolute atomic E-state index is 0.0697. The number of hydrogen-bond acceptors (Lipinski definition) is 5. The van der Waals surface area contributed by atoms with Crippen molar-refractivity contribution in [2.45, 2.75) is 19.4 Å². The Kier molecular flexibility index (Phi) is 4.76. The third kappa shape index (κ3) is 3.99. The number of anilines is 2. The first-order chi connectivity index (χ1) is 11.9. The van der Waals surface area contributed by atoms with Crippen LogP contribution in [0.25, 0.3) is 0 Å². The van der Waals surface area contributed by atoms with Gasteiger partial charge >= 0.3 is 0 Å². The Balaban J connectivity index is 1.77. The summed E-state index contributed by atoms with van der Waals surface area (Å²) in [4.78, 5) is 18.5. The van der Waals surface area contributed by atoms with Crippen molar-refractivity contribution in [1.82, 2.24) is 4.98 Å². The first-order valence-corrected chi connectivity index (χ1v) is 9.94. The lowest BCUT2D eigenvalue weighted by atomic mass is 10.2. The molecule has 1 aromatic carbocycles. The van der Waals surface area contributed by atoms with Crippen LogP contribution in [0.3, 0.4) is 0 Å². The van der Waals surface area contributed by atoms with Gasteiger partial charge in [0.05, 0.1) is 11.5 Å². The van der Waals surface area contributed by atoms with Crippen molar-refractivity contribution in [1.29, 1.82) is 0 Å². The summed E-state index contributed by atoms with van der Waals surface area (Å²) in [6, 6.07) is 10.9. The molecule has 0 aliphatic carbocycles. The van der Waals surface area contributed by atoms with E-state index in [0.29, 0.717) is 12.1 Å². The van der Waals surface area contributed by atoms with Gasteiger partial charge in [-0.2, -0.15) is 0 Å². The first kappa shape index (κ1) is 17.4. The van der Waals surface area contributed by atoms with Crippen LogP contribution < -0.4 is 10.2 Å².